The summed E-state index contributed by atoms with van der Waals surface area (Å²) in [6.45, 7) is 3.94. The standard InChI is InChI=1S/C16H15BrO2/c1-11-5-3-4-6-14(11)15(18)10-19-16-9-13(17)8-7-12(16)2/h3-9H,10H2,1-2H3. The maximum Gasteiger partial charge on any atom is 0.200 e. The molecule has 2 rings (SSSR count). The molecule has 0 saturated heterocycles. The van der Waals surface area contributed by atoms with E-state index < -0.39 is 0 Å². The molecule has 0 aromatic heterocycles. The molecule has 0 radical (unpaired) electrons. The van der Waals surface area contributed by atoms with Crippen molar-refractivity contribution in [2.45, 2.75) is 13.8 Å². The topological polar surface area (TPSA) is 26.3 Å². The van der Waals surface area contributed by atoms with Crippen LogP contribution in [-0.4, -0.2) is 12.4 Å². The van der Waals surface area contributed by atoms with E-state index in [2.05, 4.69) is 15.9 Å². The molecule has 2 aromatic rings. The molecule has 0 heterocycles. The van der Waals surface area contributed by atoms with Crippen molar-refractivity contribution < 1.29 is 9.53 Å². The molecule has 0 saturated carbocycles. The Bertz CT molecular complexity index is 605. The van der Waals surface area contributed by atoms with Crippen LogP contribution in [0, 0.1) is 13.8 Å². The van der Waals surface area contributed by atoms with E-state index in [4.69, 9.17) is 4.74 Å². The highest BCUT2D eigenvalue weighted by Crippen LogP contribution is 2.23. The number of carbonyl (C=O) groups is 1. The first-order chi connectivity index (χ1) is 9.08. The van der Waals surface area contributed by atoms with Crippen LogP contribution in [-0.2, 0) is 0 Å². The van der Waals surface area contributed by atoms with Crippen LogP contribution >= 0.6 is 15.9 Å². The van der Waals surface area contributed by atoms with Crippen LogP contribution in [0.1, 0.15) is 21.5 Å². The second kappa shape index (κ2) is 6.02. The quantitative estimate of drug-likeness (QED) is 0.784. The minimum Gasteiger partial charge on any atom is -0.485 e. The third-order valence-electron chi connectivity index (χ3n) is 2.95. The van der Waals surface area contributed by atoms with Gasteiger partial charge in [-0.15, -0.1) is 0 Å². The van der Waals surface area contributed by atoms with Crippen LogP contribution in [0.2, 0.25) is 0 Å². The van der Waals surface area contributed by atoms with Gasteiger partial charge in [-0.25, -0.2) is 0 Å². The van der Waals surface area contributed by atoms with Gasteiger partial charge in [-0.05, 0) is 37.1 Å². The molecule has 0 amide bonds. The number of benzene rings is 2. The van der Waals surface area contributed by atoms with Crippen molar-refractivity contribution in [3.63, 3.8) is 0 Å². The predicted octanol–water partition coefficient (Wildman–Crippen LogP) is 4.33. The second-order valence-corrected chi connectivity index (χ2v) is 5.35. The molecule has 2 nitrogen and oxygen atoms in total. The van der Waals surface area contributed by atoms with Gasteiger partial charge >= 0.3 is 0 Å². The SMILES string of the molecule is Cc1ccc(Br)cc1OCC(=O)c1ccccc1C. The summed E-state index contributed by atoms with van der Waals surface area (Å²) in [6, 6.07) is 13.3. The second-order valence-electron chi connectivity index (χ2n) is 4.44. The van der Waals surface area contributed by atoms with E-state index in [0.717, 1.165) is 26.9 Å². The number of hydrogen-bond donors (Lipinski definition) is 0. The minimum absolute atomic E-state index is 0.00234. The Labute approximate surface area is 121 Å². The van der Waals surface area contributed by atoms with Crippen LogP contribution in [0.15, 0.2) is 46.9 Å². The normalized spacial score (nSPS) is 10.3. The molecular weight excluding hydrogens is 304 g/mol. The monoisotopic (exact) mass is 318 g/mol. The molecule has 0 unspecified atom stereocenters. The predicted molar refractivity (Wildman–Crippen MR) is 79.9 cm³/mol. The third kappa shape index (κ3) is 3.44. The maximum atomic E-state index is 12.1. The van der Waals surface area contributed by atoms with Gasteiger partial charge in [0, 0.05) is 10.0 Å². The van der Waals surface area contributed by atoms with E-state index in [1.807, 2.05) is 56.3 Å². The van der Waals surface area contributed by atoms with Crippen molar-refractivity contribution in [2.75, 3.05) is 6.61 Å². The number of rotatable bonds is 4. The van der Waals surface area contributed by atoms with Gasteiger partial charge in [-0.3, -0.25) is 4.79 Å². The smallest absolute Gasteiger partial charge is 0.200 e. The highest BCUT2D eigenvalue weighted by molar-refractivity contribution is 9.10. The number of hydrogen-bond acceptors (Lipinski definition) is 2. The highest BCUT2D eigenvalue weighted by Gasteiger charge is 2.10. The zero-order valence-corrected chi connectivity index (χ0v) is 12.5. The molecule has 0 spiro atoms. The zero-order chi connectivity index (χ0) is 13.8. The Balaban J connectivity index is 2.09. The maximum absolute atomic E-state index is 12.1. The lowest BCUT2D eigenvalue weighted by molar-refractivity contribution is 0.0920. The Morgan fingerprint density at radius 3 is 2.58 bits per heavy atom. The fourth-order valence-corrected chi connectivity index (χ4v) is 2.18. The van der Waals surface area contributed by atoms with Crippen LogP contribution in [0.4, 0.5) is 0 Å². The lowest BCUT2D eigenvalue weighted by Crippen LogP contribution is -2.13. The van der Waals surface area contributed by atoms with E-state index in [-0.39, 0.29) is 12.4 Å². The number of ketones is 1. The summed E-state index contributed by atoms with van der Waals surface area (Å²) in [5.74, 6) is 0.730. The average molecular weight is 319 g/mol. The summed E-state index contributed by atoms with van der Waals surface area (Å²) in [5.41, 5.74) is 2.71. The Morgan fingerprint density at radius 2 is 1.84 bits per heavy atom. The number of Topliss-reactive ketones (excluding diaryl/α,β-unsaturated/α-hetero) is 1. The van der Waals surface area contributed by atoms with Crippen molar-refractivity contribution in [2.24, 2.45) is 0 Å². The van der Waals surface area contributed by atoms with Gasteiger partial charge < -0.3 is 4.74 Å². The molecule has 2 aromatic carbocycles. The van der Waals surface area contributed by atoms with E-state index in [0.29, 0.717) is 0 Å². The molecule has 98 valence electrons. The molecule has 0 aliphatic rings. The van der Waals surface area contributed by atoms with Gasteiger partial charge in [-0.1, -0.05) is 46.3 Å². The van der Waals surface area contributed by atoms with Crippen LogP contribution in [0.5, 0.6) is 5.75 Å². The molecule has 0 N–H and O–H groups in total. The van der Waals surface area contributed by atoms with Crippen LogP contribution < -0.4 is 4.74 Å². The lowest BCUT2D eigenvalue weighted by Gasteiger charge is -2.10. The zero-order valence-electron chi connectivity index (χ0n) is 10.9. The first-order valence-electron chi connectivity index (χ1n) is 6.05. The number of aryl methyl sites for hydroxylation is 2. The molecule has 0 fully saturated rings. The third-order valence-corrected chi connectivity index (χ3v) is 3.45. The first kappa shape index (κ1) is 13.8. The Morgan fingerprint density at radius 1 is 1.11 bits per heavy atom. The summed E-state index contributed by atoms with van der Waals surface area (Å²) < 4.78 is 6.55. The number of halogens is 1. The van der Waals surface area contributed by atoms with Gasteiger partial charge in [0.25, 0.3) is 0 Å². The fraction of sp³-hybridized carbons (Fsp3) is 0.188. The fourth-order valence-electron chi connectivity index (χ4n) is 1.84. The summed E-state index contributed by atoms with van der Waals surface area (Å²) in [7, 11) is 0. The molecule has 0 bridgehead atoms. The van der Waals surface area contributed by atoms with Crippen LogP contribution in [0.3, 0.4) is 0 Å². The molecule has 3 heteroatoms. The van der Waals surface area contributed by atoms with Gasteiger partial charge in [0.05, 0.1) is 0 Å². The van der Waals surface area contributed by atoms with E-state index in [9.17, 15) is 4.79 Å². The number of carbonyl (C=O) groups excluding carboxylic acids is 1. The molecule has 0 aliphatic carbocycles. The van der Waals surface area contributed by atoms with Crippen molar-refractivity contribution in [3.8, 4) is 5.75 Å². The first-order valence-corrected chi connectivity index (χ1v) is 6.85. The summed E-state index contributed by atoms with van der Waals surface area (Å²) in [6.07, 6.45) is 0. The van der Waals surface area contributed by atoms with Gasteiger partial charge in [0.1, 0.15) is 5.75 Å². The van der Waals surface area contributed by atoms with Gasteiger partial charge in [-0.2, -0.15) is 0 Å². The Hall–Kier alpha value is -1.61. The summed E-state index contributed by atoms with van der Waals surface area (Å²) in [4.78, 5) is 12.1. The molecule has 0 atom stereocenters. The highest BCUT2D eigenvalue weighted by atomic mass is 79.9. The van der Waals surface area contributed by atoms with Crippen molar-refractivity contribution in [1.82, 2.24) is 0 Å². The van der Waals surface area contributed by atoms with Crippen molar-refractivity contribution in [1.29, 1.82) is 0 Å². The summed E-state index contributed by atoms with van der Waals surface area (Å²) in [5, 5.41) is 0. The van der Waals surface area contributed by atoms with Gasteiger partial charge in [0.2, 0.25) is 0 Å². The van der Waals surface area contributed by atoms with E-state index in [1.54, 1.807) is 0 Å². The minimum atomic E-state index is -0.00234. The molecule has 19 heavy (non-hydrogen) atoms. The van der Waals surface area contributed by atoms with E-state index in [1.165, 1.54) is 0 Å². The van der Waals surface area contributed by atoms with Crippen molar-refractivity contribution >= 4 is 21.7 Å². The largest absolute Gasteiger partial charge is 0.485 e. The lowest BCUT2D eigenvalue weighted by atomic mass is 10.1. The van der Waals surface area contributed by atoms with Crippen LogP contribution in [0.25, 0.3) is 0 Å². The molecule has 0 aliphatic heterocycles. The van der Waals surface area contributed by atoms with Crippen molar-refractivity contribution in [3.05, 3.63) is 63.6 Å². The average Bonchev–Trinajstić information content (AvgIpc) is 2.40. The van der Waals surface area contributed by atoms with E-state index >= 15 is 0 Å². The summed E-state index contributed by atoms with van der Waals surface area (Å²) >= 11 is 3.39. The van der Waals surface area contributed by atoms with Gasteiger partial charge in [0.15, 0.2) is 12.4 Å². The molecular formula is C16H15BrO2. The Kier molecular flexibility index (Phi) is 4.38. The number of ether oxygens (including phenoxy) is 1.